The lowest BCUT2D eigenvalue weighted by atomic mass is 9.96. The standard InChI is InChI=1S/C74H127NO18/c1-3-5-7-9-11-12-13-14-15-16-17-18-19-20-21-22-23-24-25-26-27-28-29-30-31-32-33-34-35-36-37-38-39-40-41-42-43-44-46-48-50-52-62(80)75-57(58(79)51-49-47-45-10-8-6-4-2)56-88-72-68(86)65(83)70(60(54-77)90-72)93-74-69(87)66(84)71(61(55-78)91-74)92-73-67(85)64(82)63(81)59(53-76)89-73/h5,7,11-12,14-15,17-18,20-21,23-24,26-27,29-30,57-61,63-74,76-79,81-87H,3-4,6,8-10,13,16,19,22,25,28,31-56H2,1-2H3,(H,75,80)/b7-5-,12-11-,15-14-,18-17-,21-20-,24-23-,27-26-,30-29-. The lowest BCUT2D eigenvalue weighted by Crippen LogP contribution is -2.66. The van der Waals surface area contributed by atoms with E-state index in [1.807, 2.05) is 0 Å². The average Bonchev–Trinajstić information content (AvgIpc) is 0.798. The van der Waals surface area contributed by atoms with Gasteiger partial charge in [-0.1, -0.05) is 246 Å². The Hall–Kier alpha value is -3.29. The number of aliphatic hydroxyl groups excluding tert-OH is 11. The van der Waals surface area contributed by atoms with Gasteiger partial charge in [0.25, 0.3) is 0 Å². The fourth-order valence-corrected chi connectivity index (χ4v) is 11.6. The summed E-state index contributed by atoms with van der Waals surface area (Å²) in [6.07, 6.45) is 45.6. The van der Waals surface area contributed by atoms with Crippen molar-refractivity contribution in [1.82, 2.24) is 5.32 Å². The number of carbonyl (C=O) groups excluding carboxylic acids is 1. The van der Waals surface area contributed by atoms with Crippen LogP contribution in [0.3, 0.4) is 0 Å². The van der Waals surface area contributed by atoms with E-state index in [9.17, 15) is 61.0 Å². The van der Waals surface area contributed by atoms with Crippen molar-refractivity contribution < 1.29 is 89.4 Å². The Balaban J connectivity index is 1.25. The van der Waals surface area contributed by atoms with Gasteiger partial charge < -0.3 is 89.9 Å². The third kappa shape index (κ3) is 36.2. The highest BCUT2D eigenvalue weighted by Gasteiger charge is 2.53. The molecule has 17 unspecified atom stereocenters. The molecule has 3 aliphatic heterocycles. The van der Waals surface area contributed by atoms with E-state index in [1.165, 1.54) is 89.9 Å². The minimum absolute atomic E-state index is 0.250. The Morgan fingerprint density at radius 2 is 0.742 bits per heavy atom. The summed E-state index contributed by atoms with van der Waals surface area (Å²) >= 11 is 0. The minimum atomic E-state index is -1.97. The van der Waals surface area contributed by atoms with Gasteiger partial charge in [-0.05, 0) is 77.0 Å². The van der Waals surface area contributed by atoms with Crippen molar-refractivity contribution in [3.8, 4) is 0 Å². The van der Waals surface area contributed by atoms with E-state index in [0.29, 0.717) is 12.8 Å². The summed E-state index contributed by atoms with van der Waals surface area (Å²) < 4.78 is 34.3. The molecule has 93 heavy (non-hydrogen) atoms. The first kappa shape index (κ1) is 83.9. The van der Waals surface area contributed by atoms with Crippen LogP contribution in [0.5, 0.6) is 0 Å². The van der Waals surface area contributed by atoms with Crippen molar-refractivity contribution in [2.75, 3.05) is 26.4 Å². The summed E-state index contributed by atoms with van der Waals surface area (Å²) in [4.78, 5) is 13.3. The number of rotatable bonds is 54. The predicted octanol–water partition coefficient (Wildman–Crippen LogP) is 10.0. The largest absolute Gasteiger partial charge is 0.394 e. The summed E-state index contributed by atoms with van der Waals surface area (Å²) in [5, 5.41) is 120. The summed E-state index contributed by atoms with van der Waals surface area (Å²) in [6.45, 7) is 1.61. The third-order valence-corrected chi connectivity index (χ3v) is 17.4. The van der Waals surface area contributed by atoms with Gasteiger partial charge in [-0.25, -0.2) is 0 Å². The van der Waals surface area contributed by atoms with Gasteiger partial charge in [-0.3, -0.25) is 4.79 Å². The average molecular weight is 1320 g/mol. The molecule has 0 bridgehead atoms. The molecule has 0 aromatic rings. The van der Waals surface area contributed by atoms with E-state index in [1.54, 1.807) is 0 Å². The van der Waals surface area contributed by atoms with Crippen LogP contribution in [0, 0.1) is 0 Å². The van der Waals surface area contributed by atoms with Crippen LogP contribution in [0.1, 0.15) is 232 Å². The summed E-state index contributed by atoms with van der Waals surface area (Å²) in [5.41, 5.74) is 0. The molecule has 3 heterocycles. The molecule has 17 atom stereocenters. The maximum atomic E-state index is 13.3. The Bertz CT molecular complexity index is 2060. The first-order chi connectivity index (χ1) is 45.3. The number of ether oxygens (including phenoxy) is 6. The number of allylic oxidation sites excluding steroid dienone is 16. The number of amides is 1. The topological polar surface area (TPSA) is 307 Å². The molecule has 19 nitrogen and oxygen atoms in total. The number of hydrogen-bond donors (Lipinski definition) is 12. The van der Waals surface area contributed by atoms with E-state index in [0.717, 1.165) is 109 Å². The second-order valence-corrected chi connectivity index (χ2v) is 25.3. The summed E-state index contributed by atoms with van der Waals surface area (Å²) in [7, 11) is 0. The Morgan fingerprint density at radius 3 is 1.16 bits per heavy atom. The van der Waals surface area contributed by atoms with E-state index >= 15 is 0 Å². The van der Waals surface area contributed by atoms with Gasteiger partial charge in [-0.2, -0.15) is 0 Å². The predicted molar refractivity (Wildman–Crippen MR) is 364 cm³/mol. The zero-order valence-electron chi connectivity index (χ0n) is 56.7. The van der Waals surface area contributed by atoms with E-state index in [2.05, 4.69) is 116 Å². The molecule has 19 heteroatoms. The number of nitrogens with one attached hydrogen (secondary N) is 1. The number of unbranched alkanes of at least 4 members (excludes halogenated alkanes) is 22. The van der Waals surface area contributed by atoms with Crippen molar-refractivity contribution >= 4 is 5.91 Å². The Kier molecular flexibility index (Phi) is 49.4. The lowest BCUT2D eigenvalue weighted by Gasteiger charge is -2.48. The third-order valence-electron chi connectivity index (χ3n) is 17.4. The van der Waals surface area contributed by atoms with Crippen molar-refractivity contribution in [1.29, 1.82) is 0 Å². The van der Waals surface area contributed by atoms with Crippen LogP contribution < -0.4 is 5.32 Å². The highest BCUT2D eigenvalue weighted by Crippen LogP contribution is 2.33. The molecular weight excluding hydrogens is 1190 g/mol. The first-order valence-corrected chi connectivity index (χ1v) is 36.0. The molecule has 3 fully saturated rings. The van der Waals surface area contributed by atoms with Crippen LogP contribution in [0.15, 0.2) is 97.2 Å². The minimum Gasteiger partial charge on any atom is -0.394 e. The molecule has 0 aromatic heterocycles. The van der Waals surface area contributed by atoms with E-state index in [-0.39, 0.29) is 18.9 Å². The van der Waals surface area contributed by atoms with Crippen molar-refractivity contribution in [2.45, 2.75) is 336 Å². The molecule has 0 aromatic carbocycles. The Morgan fingerprint density at radius 1 is 0.398 bits per heavy atom. The quantitative estimate of drug-likeness (QED) is 0.0199. The van der Waals surface area contributed by atoms with Gasteiger partial charge >= 0.3 is 0 Å². The molecule has 3 aliphatic rings. The summed E-state index contributed by atoms with van der Waals surface area (Å²) in [5.74, 6) is -0.250. The second kappa shape index (κ2) is 54.7. The molecule has 3 saturated heterocycles. The van der Waals surface area contributed by atoms with Gasteiger partial charge in [0.05, 0.1) is 38.6 Å². The normalized spacial score (nSPS) is 28.1. The molecular formula is C74H127NO18. The van der Waals surface area contributed by atoms with Crippen LogP contribution >= 0.6 is 0 Å². The molecule has 1 amide bonds. The van der Waals surface area contributed by atoms with Crippen molar-refractivity contribution in [3.63, 3.8) is 0 Å². The molecule has 0 aliphatic carbocycles. The number of aliphatic hydroxyl groups is 11. The SMILES string of the molecule is CC/C=C\C/C=C\C/C=C\C/C=C\C/C=C\C/C=C\C/C=C\C/C=C\CCCCCCCCCCCCCCCCCCC(=O)NC(COC1OC(CO)C(OC2OC(CO)C(OC3OC(CO)C(O)C(O)C3O)C(O)C2O)C(O)C1O)C(O)CCCCCCCCC. The van der Waals surface area contributed by atoms with E-state index in [4.69, 9.17) is 28.4 Å². The van der Waals surface area contributed by atoms with Gasteiger partial charge in [0, 0.05) is 6.42 Å². The van der Waals surface area contributed by atoms with Crippen molar-refractivity contribution in [2.24, 2.45) is 0 Å². The zero-order chi connectivity index (χ0) is 67.5. The van der Waals surface area contributed by atoms with Crippen LogP contribution in [-0.2, 0) is 33.2 Å². The fourth-order valence-electron chi connectivity index (χ4n) is 11.6. The molecule has 536 valence electrons. The Labute approximate surface area is 558 Å². The first-order valence-electron chi connectivity index (χ1n) is 36.0. The fraction of sp³-hybridized carbons (Fsp3) is 0.770. The van der Waals surface area contributed by atoms with Gasteiger partial charge in [0.2, 0.25) is 5.91 Å². The lowest BCUT2D eigenvalue weighted by molar-refractivity contribution is -0.379. The zero-order valence-corrected chi connectivity index (χ0v) is 56.7. The van der Waals surface area contributed by atoms with Gasteiger partial charge in [-0.15, -0.1) is 0 Å². The van der Waals surface area contributed by atoms with E-state index < -0.39 is 124 Å². The molecule has 0 radical (unpaired) electrons. The highest BCUT2D eigenvalue weighted by molar-refractivity contribution is 5.76. The molecule has 12 N–H and O–H groups in total. The highest BCUT2D eigenvalue weighted by atomic mass is 16.8. The number of hydrogen-bond acceptors (Lipinski definition) is 18. The second-order valence-electron chi connectivity index (χ2n) is 25.3. The number of carbonyl (C=O) groups is 1. The van der Waals surface area contributed by atoms with Crippen LogP contribution in [0.2, 0.25) is 0 Å². The van der Waals surface area contributed by atoms with Crippen molar-refractivity contribution in [3.05, 3.63) is 97.2 Å². The van der Waals surface area contributed by atoms with Crippen LogP contribution in [-0.4, -0.2) is 193 Å². The maximum Gasteiger partial charge on any atom is 0.220 e. The summed E-state index contributed by atoms with van der Waals surface area (Å²) in [6, 6.07) is -0.888. The maximum absolute atomic E-state index is 13.3. The monoisotopic (exact) mass is 1320 g/mol. The van der Waals surface area contributed by atoms with Gasteiger partial charge in [0.15, 0.2) is 18.9 Å². The van der Waals surface area contributed by atoms with Gasteiger partial charge in [0.1, 0.15) is 73.2 Å². The smallest absolute Gasteiger partial charge is 0.220 e. The van der Waals surface area contributed by atoms with Crippen LogP contribution in [0.4, 0.5) is 0 Å². The molecule has 3 rings (SSSR count). The van der Waals surface area contributed by atoms with Crippen LogP contribution in [0.25, 0.3) is 0 Å². The molecule has 0 spiro atoms. The molecule has 0 saturated carbocycles.